The van der Waals surface area contributed by atoms with E-state index in [4.69, 9.17) is 9.84 Å². The van der Waals surface area contributed by atoms with Crippen LogP contribution in [0.5, 0.6) is 5.75 Å². The fourth-order valence-electron chi connectivity index (χ4n) is 1.32. The van der Waals surface area contributed by atoms with Crippen LogP contribution in [0.4, 0.5) is 5.69 Å². The summed E-state index contributed by atoms with van der Waals surface area (Å²) in [5.41, 5.74) is -0.336. The number of ether oxygens (including phenoxy) is 1. The SMILES string of the molecule is COc1cc(C=O)c([N+](=O)[O-])cc1/C=C/C(=O)O. The maximum atomic E-state index is 10.7. The molecule has 1 rings (SSSR count). The lowest BCUT2D eigenvalue weighted by Gasteiger charge is -2.06. The zero-order chi connectivity index (χ0) is 13.7. The second-order valence-electron chi connectivity index (χ2n) is 3.20. The van der Waals surface area contributed by atoms with E-state index in [9.17, 15) is 19.7 Å². The van der Waals surface area contributed by atoms with Crippen molar-refractivity contribution in [3.8, 4) is 5.75 Å². The summed E-state index contributed by atoms with van der Waals surface area (Å²) in [4.78, 5) is 31.1. The lowest BCUT2D eigenvalue weighted by molar-refractivity contribution is -0.385. The first-order valence-corrected chi connectivity index (χ1v) is 4.72. The molecule has 0 aromatic heterocycles. The molecule has 0 radical (unpaired) electrons. The van der Waals surface area contributed by atoms with Crippen molar-refractivity contribution in [2.45, 2.75) is 0 Å². The van der Waals surface area contributed by atoms with Gasteiger partial charge >= 0.3 is 5.97 Å². The zero-order valence-corrected chi connectivity index (χ0v) is 9.32. The summed E-state index contributed by atoms with van der Waals surface area (Å²) in [7, 11) is 1.31. The molecule has 94 valence electrons. The number of aldehydes is 1. The van der Waals surface area contributed by atoms with E-state index >= 15 is 0 Å². The molecule has 1 N–H and O–H groups in total. The van der Waals surface area contributed by atoms with Crippen molar-refractivity contribution < 1.29 is 24.4 Å². The van der Waals surface area contributed by atoms with Crippen molar-refractivity contribution in [1.82, 2.24) is 0 Å². The van der Waals surface area contributed by atoms with Crippen molar-refractivity contribution in [1.29, 1.82) is 0 Å². The van der Waals surface area contributed by atoms with Crippen LogP contribution in [-0.2, 0) is 4.79 Å². The zero-order valence-electron chi connectivity index (χ0n) is 9.32. The molecule has 0 bridgehead atoms. The summed E-state index contributed by atoms with van der Waals surface area (Å²) in [5.74, 6) is -1.01. The van der Waals surface area contributed by atoms with E-state index in [1.54, 1.807) is 0 Å². The highest BCUT2D eigenvalue weighted by molar-refractivity contribution is 5.88. The van der Waals surface area contributed by atoms with Gasteiger partial charge in [0, 0.05) is 17.7 Å². The van der Waals surface area contributed by atoms with Crippen molar-refractivity contribution in [3.05, 3.63) is 39.4 Å². The van der Waals surface area contributed by atoms with E-state index in [1.807, 2.05) is 0 Å². The van der Waals surface area contributed by atoms with Gasteiger partial charge in [-0.2, -0.15) is 0 Å². The number of methoxy groups -OCH3 is 1. The molecule has 0 heterocycles. The van der Waals surface area contributed by atoms with Gasteiger partial charge in [0.1, 0.15) is 5.75 Å². The number of hydrogen-bond acceptors (Lipinski definition) is 5. The Kier molecular flexibility index (Phi) is 4.14. The molecule has 0 spiro atoms. The Bertz CT molecular complexity index is 535. The number of hydrogen-bond donors (Lipinski definition) is 1. The molecule has 0 aliphatic heterocycles. The summed E-state index contributed by atoms with van der Waals surface area (Å²) in [6.45, 7) is 0. The van der Waals surface area contributed by atoms with E-state index in [2.05, 4.69) is 0 Å². The molecule has 0 atom stereocenters. The van der Waals surface area contributed by atoms with Crippen molar-refractivity contribution in [2.75, 3.05) is 7.11 Å². The second-order valence-corrected chi connectivity index (χ2v) is 3.20. The molecular weight excluding hydrogens is 242 g/mol. The van der Waals surface area contributed by atoms with E-state index < -0.39 is 16.6 Å². The van der Waals surface area contributed by atoms with Gasteiger partial charge in [-0.1, -0.05) is 0 Å². The molecular formula is C11H9NO6. The maximum absolute atomic E-state index is 10.7. The maximum Gasteiger partial charge on any atom is 0.328 e. The fraction of sp³-hybridized carbons (Fsp3) is 0.0909. The van der Waals surface area contributed by atoms with Crippen molar-refractivity contribution >= 4 is 24.0 Å². The Hall–Kier alpha value is -2.70. The molecule has 18 heavy (non-hydrogen) atoms. The minimum Gasteiger partial charge on any atom is -0.496 e. The number of aliphatic carboxylic acids is 1. The molecule has 1 aromatic rings. The van der Waals surface area contributed by atoms with Gasteiger partial charge in [0.05, 0.1) is 17.6 Å². The number of carboxylic acids is 1. The van der Waals surface area contributed by atoms with Crippen LogP contribution >= 0.6 is 0 Å². The number of benzene rings is 1. The summed E-state index contributed by atoms with van der Waals surface area (Å²) >= 11 is 0. The Morgan fingerprint density at radius 3 is 2.56 bits per heavy atom. The van der Waals surface area contributed by atoms with E-state index in [-0.39, 0.29) is 16.9 Å². The van der Waals surface area contributed by atoms with Crippen LogP contribution in [0.3, 0.4) is 0 Å². The molecule has 1 aromatic carbocycles. The summed E-state index contributed by atoms with van der Waals surface area (Å²) in [5, 5.41) is 19.2. The predicted octanol–water partition coefficient (Wildman–Crippen LogP) is 1.51. The molecule has 0 saturated heterocycles. The van der Waals surface area contributed by atoms with Gasteiger partial charge in [0.2, 0.25) is 0 Å². The van der Waals surface area contributed by atoms with Crippen LogP contribution < -0.4 is 4.74 Å². The third-order valence-electron chi connectivity index (χ3n) is 2.11. The fourth-order valence-corrected chi connectivity index (χ4v) is 1.32. The van der Waals surface area contributed by atoms with Crippen LogP contribution in [0.15, 0.2) is 18.2 Å². The molecule has 0 aliphatic rings. The van der Waals surface area contributed by atoms with Crippen LogP contribution in [0.2, 0.25) is 0 Å². The van der Waals surface area contributed by atoms with E-state index in [0.29, 0.717) is 6.29 Å². The van der Waals surface area contributed by atoms with Crippen LogP contribution in [0.25, 0.3) is 6.08 Å². The number of carbonyl (C=O) groups is 2. The number of carbonyl (C=O) groups excluding carboxylic acids is 1. The first-order chi connectivity index (χ1) is 8.49. The average Bonchev–Trinajstić information content (AvgIpc) is 2.34. The third kappa shape index (κ3) is 2.91. The minimum absolute atomic E-state index is 0.135. The summed E-state index contributed by atoms with van der Waals surface area (Å²) < 4.78 is 4.93. The Morgan fingerprint density at radius 2 is 2.11 bits per heavy atom. The van der Waals surface area contributed by atoms with Gasteiger partial charge in [-0.25, -0.2) is 4.79 Å². The highest BCUT2D eigenvalue weighted by atomic mass is 16.6. The first-order valence-electron chi connectivity index (χ1n) is 4.72. The lowest BCUT2D eigenvalue weighted by atomic mass is 10.1. The summed E-state index contributed by atoms with van der Waals surface area (Å²) in [6, 6.07) is 2.27. The quantitative estimate of drug-likeness (QED) is 0.368. The minimum atomic E-state index is -1.20. The average molecular weight is 251 g/mol. The standard InChI is InChI=1S/C11H9NO6/c1-18-10-5-8(6-13)9(12(16)17)4-7(10)2-3-11(14)15/h2-6H,1H3,(H,14,15)/b3-2+. The molecule has 7 nitrogen and oxygen atoms in total. The van der Waals surface area contributed by atoms with Gasteiger partial charge in [-0.15, -0.1) is 0 Å². The molecule has 0 fully saturated rings. The van der Waals surface area contributed by atoms with Gasteiger partial charge < -0.3 is 9.84 Å². The lowest BCUT2D eigenvalue weighted by Crippen LogP contribution is -1.98. The number of nitrogens with zero attached hydrogens (tertiary/aromatic N) is 1. The normalized spacial score (nSPS) is 10.3. The topological polar surface area (TPSA) is 107 Å². The predicted molar refractivity (Wildman–Crippen MR) is 61.7 cm³/mol. The third-order valence-corrected chi connectivity index (χ3v) is 2.11. The molecule has 0 unspecified atom stereocenters. The van der Waals surface area contributed by atoms with Crippen LogP contribution in [0.1, 0.15) is 15.9 Å². The highest BCUT2D eigenvalue weighted by Crippen LogP contribution is 2.28. The monoisotopic (exact) mass is 251 g/mol. The molecule has 0 saturated carbocycles. The highest BCUT2D eigenvalue weighted by Gasteiger charge is 2.17. The Labute approximate surface area is 101 Å². The van der Waals surface area contributed by atoms with Gasteiger partial charge in [0.25, 0.3) is 5.69 Å². The molecule has 7 heteroatoms. The van der Waals surface area contributed by atoms with Gasteiger partial charge in [-0.3, -0.25) is 14.9 Å². The smallest absolute Gasteiger partial charge is 0.328 e. The van der Waals surface area contributed by atoms with Gasteiger partial charge in [-0.05, 0) is 12.1 Å². The second kappa shape index (κ2) is 5.58. The van der Waals surface area contributed by atoms with E-state index in [0.717, 1.165) is 18.2 Å². The Balaban J connectivity index is 3.40. The summed E-state index contributed by atoms with van der Waals surface area (Å²) in [6.07, 6.45) is 2.32. The molecule has 0 amide bonds. The first kappa shape index (κ1) is 13.4. The number of nitro groups is 1. The van der Waals surface area contributed by atoms with Crippen molar-refractivity contribution in [3.63, 3.8) is 0 Å². The largest absolute Gasteiger partial charge is 0.496 e. The van der Waals surface area contributed by atoms with Crippen molar-refractivity contribution in [2.24, 2.45) is 0 Å². The Morgan fingerprint density at radius 1 is 1.44 bits per heavy atom. The molecule has 0 aliphatic carbocycles. The number of rotatable bonds is 5. The van der Waals surface area contributed by atoms with Gasteiger partial charge in [0.15, 0.2) is 6.29 Å². The number of carboxylic acid groups (broad SMARTS) is 1. The van der Waals surface area contributed by atoms with Crippen LogP contribution in [0, 0.1) is 10.1 Å². The van der Waals surface area contributed by atoms with E-state index in [1.165, 1.54) is 13.2 Å². The number of nitro benzene ring substituents is 1. The van der Waals surface area contributed by atoms with Crippen LogP contribution in [-0.4, -0.2) is 29.4 Å².